The van der Waals surface area contributed by atoms with Gasteiger partial charge in [-0.2, -0.15) is 0 Å². The minimum absolute atomic E-state index is 0.0481. The van der Waals surface area contributed by atoms with Crippen LogP contribution in [0.15, 0.2) is 24.3 Å². The molecule has 0 atom stereocenters. The molecule has 8 nitrogen and oxygen atoms in total. The molecule has 0 unspecified atom stereocenters. The summed E-state index contributed by atoms with van der Waals surface area (Å²) in [7, 11) is 0. The van der Waals surface area contributed by atoms with Crippen LogP contribution in [0.4, 0.5) is 10.5 Å². The van der Waals surface area contributed by atoms with E-state index in [2.05, 4.69) is 4.90 Å². The second kappa shape index (κ2) is 7.94. The SMILES string of the molecule is CC(=O)c1ccc(N2CC[NH+](CN3C(=O)C(=O)N(C4CCCC4)C3=O)CC2)cc1. The molecule has 3 aliphatic rings. The average molecular weight is 399 g/mol. The van der Waals surface area contributed by atoms with Crippen LogP contribution in [0.25, 0.3) is 0 Å². The summed E-state index contributed by atoms with van der Waals surface area (Å²) in [5, 5.41) is 0. The van der Waals surface area contributed by atoms with Gasteiger partial charge in [-0.3, -0.25) is 19.3 Å². The number of urea groups is 1. The number of ketones is 1. The van der Waals surface area contributed by atoms with E-state index in [1.807, 2.05) is 24.3 Å². The number of carbonyl (C=O) groups is 4. The van der Waals surface area contributed by atoms with E-state index in [1.165, 1.54) is 4.90 Å². The number of Topliss-reactive ketones (excluding diaryl/α,β-unsaturated/α-hetero) is 1. The van der Waals surface area contributed by atoms with Crippen LogP contribution in [0.1, 0.15) is 43.0 Å². The first-order valence-corrected chi connectivity index (χ1v) is 10.3. The van der Waals surface area contributed by atoms with Gasteiger partial charge in [0, 0.05) is 17.3 Å². The van der Waals surface area contributed by atoms with Gasteiger partial charge in [-0.25, -0.2) is 9.69 Å². The molecule has 1 aromatic rings. The predicted molar refractivity (Wildman–Crippen MR) is 106 cm³/mol. The number of imide groups is 2. The maximum atomic E-state index is 12.7. The highest BCUT2D eigenvalue weighted by atomic mass is 16.2. The third kappa shape index (κ3) is 3.76. The van der Waals surface area contributed by atoms with Crippen molar-refractivity contribution in [2.24, 2.45) is 0 Å². The zero-order valence-corrected chi connectivity index (χ0v) is 16.7. The van der Waals surface area contributed by atoms with E-state index in [4.69, 9.17) is 0 Å². The number of carbonyl (C=O) groups excluding carboxylic acids is 4. The fourth-order valence-electron chi connectivity index (χ4n) is 4.52. The van der Waals surface area contributed by atoms with E-state index in [-0.39, 0.29) is 18.5 Å². The van der Waals surface area contributed by atoms with Crippen LogP contribution in [-0.4, -0.2) is 72.3 Å². The first kappa shape index (κ1) is 19.6. The molecular formula is C21H27N4O4+. The van der Waals surface area contributed by atoms with E-state index in [0.29, 0.717) is 5.56 Å². The number of nitrogens with one attached hydrogen (secondary N) is 1. The lowest BCUT2D eigenvalue weighted by atomic mass is 10.1. The molecule has 1 saturated carbocycles. The Labute approximate surface area is 170 Å². The number of rotatable bonds is 5. The summed E-state index contributed by atoms with van der Waals surface area (Å²) in [6, 6.07) is 7.01. The van der Waals surface area contributed by atoms with Crippen molar-refractivity contribution >= 4 is 29.3 Å². The summed E-state index contributed by atoms with van der Waals surface area (Å²) < 4.78 is 0. The molecule has 1 aromatic carbocycles. The molecule has 3 fully saturated rings. The summed E-state index contributed by atoms with van der Waals surface area (Å²) in [6.45, 7) is 4.89. The number of hydrogen-bond acceptors (Lipinski definition) is 5. The Morgan fingerprint density at radius 1 is 1.00 bits per heavy atom. The Morgan fingerprint density at radius 3 is 2.21 bits per heavy atom. The third-order valence-corrected chi connectivity index (χ3v) is 6.26. The van der Waals surface area contributed by atoms with Gasteiger partial charge in [0.05, 0.1) is 26.2 Å². The second-order valence-corrected chi connectivity index (χ2v) is 8.13. The van der Waals surface area contributed by atoms with E-state index in [9.17, 15) is 19.2 Å². The van der Waals surface area contributed by atoms with Gasteiger partial charge in [0.15, 0.2) is 12.5 Å². The van der Waals surface area contributed by atoms with Crippen LogP contribution >= 0.6 is 0 Å². The van der Waals surface area contributed by atoms with Gasteiger partial charge in [-0.05, 0) is 44.0 Å². The monoisotopic (exact) mass is 399 g/mol. The molecule has 0 bridgehead atoms. The van der Waals surface area contributed by atoms with Crippen LogP contribution in [-0.2, 0) is 9.59 Å². The van der Waals surface area contributed by atoms with Crippen molar-refractivity contribution in [2.45, 2.75) is 38.6 Å². The Bertz CT molecular complexity index is 824. The maximum Gasteiger partial charge on any atom is 0.338 e. The smallest absolute Gasteiger partial charge is 0.338 e. The lowest BCUT2D eigenvalue weighted by Crippen LogP contribution is -3.16. The molecule has 2 saturated heterocycles. The van der Waals surface area contributed by atoms with Gasteiger partial charge in [0.25, 0.3) is 0 Å². The fraction of sp³-hybridized carbons (Fsp3) is 0.524. The van der Waals surface area contributed by atoms with Gasteiger partial charge >= 0.3 is 17.8 Å². The number of amides is 4. The number of quaternary nitrogens is 1. The van der Waals surface area contributed by atoms with E-state index < -0.39 is 17.8 Å². The zero-order valence-electron chi connectivity index (χ0n) is 16.7. The van der Waals surface area contributed by atoms with Crippen LogP contribution < -0.4 is 9.80 Å². The molecule has 2 aliphatic heterocycles. The second-order valence-electron chi connectivity index (χ2n) is 8.13. The molecule has 4 amide bonds. The third-order valence-electron chi connectivity index (χ3n) is 6.26. The van der Waals surface area contributed by atoms with Crippen LogP contribution in [0.2, 0.25) is 0 Å². The Hall–Kier alpha value is -2.74. The number of hydrogen-bond donors (Lipinski definition) is 1. The lowest BCUT2D eigenvalue weighted by molar-refractivity contribution is -0.907. The molecule has 29 heavy (non-hydrogen) atoms. The quantitative estimate of drug-likeness (QED) is 0.437. The summed E-state index contributed by atoms with van der Waals surface area (Å²) in [6.07, 6.45) is 3.59. The summed E-state index contributed by atoms with van der Waals surface area (Å²) in [5.41, 5.74) is 1.76. The van der Waals surface area contributed by atoms with Crippen molar-refractivity contribution < 1.29 is 24.1 Å². The molecule has 154 valence electrons. The molecule has 2 heterocycles. The van der Waals surface area contributed by atoms with Gasteiger partial charge in [-0.15, -0.1) is 0 Å². The summed E-state index contributed by atoms with van der Waals surface area (Å²) in [4.78, 5) is 54.5. The Morgan fingerprint density at radius 2 is 1.62 bits per heavy atom. The average Bonchev–Trinajstić information content (AvgIpc) is 3.32. The summed E-state index contributed by atoms with van der Waals surface area (Å²) in [5.74, 6) is -1.30. The van der Waals surface area contributed by atoms with E-state index in [0.717, 1.165) is 67.3 Å². The normalized spacial score (nSPS) is 21.6. The highest BCUT2D eigenvalue weighted by Crippen LogP contribution is 2.27. The highest BCUT2D eigenvalue weighted by Gasteiger charge is 2.49. The number of benzene rings is 1. The van der Waals surface area contributed by atoms with Crippen molar-refractivity contribution in [3.63, 3.8) is 0 Å². The molecule has 1 aliphatic carbocycles. The molecule has 0 aromatic heterocycles. The maximum absolute atomic E-state index is 12.7. The predicted octanol–water partition coefficient (Wildman–Crippen LogP) is 0.285. The van der Waals surface area contributed by atoms with Crippen LogP contribution in [0.3, 0.4) is 0 Å². The lowest BCUT2D eigenvalue weighted by Gasteiger charge is -2.34. The van der Waals surface area contributed by atoms with Gasteiger partial charge in [0.1, 0.15) is 0 Å². The van der Waals surface area contributed by atoms with Crippen molar-refractivity contribution in [1.82, 2.24) is 9.80 Å². The highest BCUT2D eigenvalue weighted by molar-refractivity contribution is 6.44. The molecular weight excluding hydrogens is 372 g/mol. The van der Waals surface area contributed by atoms with Crippen molar-refractivity contribution in [2.75, 3.05) is 37.7 Å². The summed E-state index contributed by atoms with van der Waals surface area (Å²) >= 11 is 0. The van der Waals surface area contributed by atoms with Gasteiger partial charge in [0.2, 0.25) is 0 Å². The van der Waals surface area contributed by atoms with E-state index in [1.54, 1.807) is 6.92 Å². The van der Waals surface area contributed by atoms with E-state index >= 15 is 0 Å². The molecule has 0 radical (unpaired) electrons. The number of piperazine rings is 1. The first-order valence-electron chi connectivity index (χ1n) is 10.3. The minimum Gasteiger partial charge on any atom is -0.360 e. The van der Waals surface area contributed by atoms with Crippen LogP contribution in [0.5, 0.6) is 0 Å². The topological polar surface area (TPSA) is 82.4 Å². The fourth-order valence-corrected chi connectivity index (χ4v) is 4.52. The van der Waals surface area contributed by atoms with Gasteiger partial charge < -0.3 is 9.80 Å². The first-order chi connectivity index (χ1) is 14.0. The molecule has 8 heteroatoms. The van der Waals surface area contributed by atoms with Crippen molar-refractivity contribution in [3.8, 4) is 0 Å². The zero-order chi connectivity index (χ0) is 20.5. The van der Waals surface area contributed by atoms with Gasteiger partial charge in [-0.1, -0.05) is 12.8 Å². The van der Waals surface area contributed by atoms with Crippen molar-refractivity contribution in [3.05, 3.63) is 29.8 Å². The molecule has 1 N–H and O–H groups in total. The Kier molecular flexibility index (Phi) is 5.36. The molecule has 4 rings (SSSR count). The Balaban J connectivity index is 1.34. The number of anilines is 1. The largest absolute Gasteiger partial charge is 0.360 e. The number of nitrogens with zero attached hydrogens (tertiary/aromatic N) is 3. The van der Waals surface area contributed by atoms with Crippen LogP contribution in [0, 0.1) is 0 Å². The standard InChI is InChI=1S/C21H26N4O4/c1-15(26)16-6-8-17(9-7-16)23-12-10-22(11-13-23)14-24-19(27)20(28)25(21(24)29)18-4-2-3-5-18/h6-9,18H,2-5,10-14H2,1H3/p+1. The molecule has 0 spiro atoms. The minimum atomic E-state index is -0.684. The van der Waals surface area contributed by atoms with Crippen molar-refractivity contribution in [1.29, 1.82) is 0 Å².